The Kier molecular flexibility index (Phi) is 3.56. The highest BCUT2D eigenvalue weighted by molar-refractivity contribution is 7.89. The number of nitrogens with two attached hydrogens (primary N) is 1. The van der Waals surface area contributed by atoms with Crippen LogP contribution in [0.25, 0.3) is 11.3 Å². The van der Waals surface area contributed by atoms with E-state index in [1.807, 2.05) is 0 Å². The summed E-state index contributed by atoms with van der Waals surface area (Å²) in [4.78, 5) is 0.171. The van der Waals surface area contributed by atoms with Crippen molar-refractivity contribution in [2.75, 3.05) is 6.54 Å². The van der Waals surface area contributed by atoms with E-state index < -0.39 is 15.6 Å². The van der Waals surface area contributed by atoms with E-state index in [1.54, 1.807) is 30.3 Å². The molecule has 21 heavy (non-hydrogen) atoms. The fraction of sp³-hybridized carbons (Fsp3) is 0.357. The third-order valence-electron chi connectivity index (χ3n) is 3.84. The van der Waals surface area contributed by atoms with Crippen molar-refractivity contribution in [2.24, 2.45) is 5.73 Å². The first-order valence-electron chi connectivity index (χ1n) is 6.79. The van der Waals surface area contributed by atoms with Crippen molar-refractivity contribution in [3.05, 3.63) is 36.5 Å². The molecule has 2 aromatic rings. The highest BCUT2D eigenvalue weighted by atomic mass is 32.2. The van der Waals surface area contributed by atoms with Gasteiger partial charge in [-0.05, 0) is 31.4 Å². The normalized spacial score (nSPS) is 17.4. The fourth-order valence-corrected chi connectivity index (χ4v) is 3.73. The molecule has 3 rings (SSSR count). The number of aromatic nitrogens is 1. The van der Waals surface area contributed by atoms with Gasteiger partial charge in [0.05, 0.1) is 11.1 Å². The summed E-state index contributed by atoms with van der Waals surface area (Å²) >= 11 is 0. The smallest absolute Gasteiger partial charge is 0.241 e. The summed E-state index contributed by atoms with van der Waals surface area (Å²) in [5.41, 5.74) is 6.14. The molecule has 1 aliphatic rings. The highest BCUT2D eigenvalue weighted by Crippen LogP contribution is 2.30. The molecule has 3 N–H and O–H groups in total. The van der Waals surface area contributed by atoms with Gasteiger partial charge in [-0.15, -0.1) is 0 Å². The van der Waals surface area contributed by atoms with Crippen molar-refractivity contribution in [2.45, 2.75) is 29.7 Å². The number of nitrogens with zero attached hydrogens (tertiary/aromatic N) is 1. The summed E-state index contributed by atoms with van der Waals surface area (Å²) < 4.78 is 32.7. The summed E-state index contributed by atoms with van der Waals surface area (Å²) in [7, 11) is -3.64. The second kappa shape index (κ2) is 5.25. The third-order valence-corrected chi connectivity index (χ3v) is 5.30. The van der Waals surface area contributed by atoms with Crippen LogP contribution < -0.4 is 10.5 Å². The zero-order chi connectivity index (χ0) is 14.9. The molecule has 1 fully saturated rings. The SMILES string of the molecule is NC1(CNS(=O)(=O)c2ccccc2-c2ccno2)CCC1. The van der Waals surface area contributed by atoms with Crippen LogP contribution in [0.1, 0.15) is 19.3 Å². The largest absolute Gasteiger partial charge is 0.356 e. The van der Waals surface area contributed by atoms with Gasteiger partial charge in [-0.1, -0.05) is 17.3 Å². The van der Waals surface area contributed by atoms with Gasteiger partial charge < -0.3 is 10.3 Å². The molecule has 0 saturated heterocycles. The summed E-state index contributed by atoms with van der Waals surface area (Å²) in [6, 6.07) is 8.30. The molecule has 7 heteroatoms. The maximum absolute atomic E-state index is 12.5. The molecule has 1 aromatic heterocycles. The first kappa shape index (κ1) is 14.2. The van der Waals surface area contributed by atoms with Crippen LogP contribution in [0.2, 0.25) is 0 Å². The molecule has 1 aromatic carbocycles. The van der Waals surface area contributed by atoms with Crippen LogP contribution >= 0.6 is 0 Å². The van der Waals surface area contributed by atoms with Gasteiger partial charge in [-0.25, -0.2) is 13.1 Å². The average molecular weight is 307 g/mol. The van der Waals surface area contributed by atoms with Crippen molar-refractivity contribution in [1.29, 1.82) is 0 Å². The van der Waals surface area contributed by atoms with Crippen molar-refractivity contribution < 1.29 is 12.9 Å². The lowest BCUT2D eigenvalue weighted by atomic mass is 9.78. The van der Waals surface area contributed by atoms with E-state index in [9.17, 15) is 8.42 Å². The molecule has 6 nitrogen and oxygen atoms in total. The van der Waals surface area contributed by atoms with Crippen molar-refractivity contribution >= 4 is 10.0 Å². The van der Waals surface area contributed by atoms with Crippen LogP contribution in [0.15, 0.2) is 45.9 Å². The number of benzene rings is 1. The van der Waals surface area contributed by atoms with Crippen molar-refractivity contribution in [1.82, 2.24) is 9.88 Å². The Bertz CT molecular complexity index is 722. The Morgan fingerprint density at radius 1 is 1.29 bits per heavy atom. The Morgan fingerprint density at radius 2 is 2.05 bits per heavy atom. The average Bonchev–Trinajstić information content (AvgIpc) is 2.97. The number of hydrogen-bond acceptors (Lipinski definition) is 5. The Labute approximate surface area is 123 Å². The minimum atomic E-state index is -3.64. The molecular formula is C14H17N3O3S. The fourth-order valence-electron chi connectivity index (χ4n) is 2.38. The molecule has 0 bridgehead atoms. The maximum Gasteiger partial charge on any atom is 0.241 e. The summed E-state index contributed by atoms with van der Waals surface area (Å²) in [6.45, 7) is 0.250. The minimum absolute atomic E-state index is 0.171. The predicted octanol–water partition coefficient (Wildman–Crippen LogP) is 1.50. The first-order chi connectivity index (χ1) is 10.0. The molecule has 0 unspecified atom stereocenters. The summed E-state index contributed by atoms with van der Waals surface area (Å²) in [5.74, 6) is 0.419. The van der Waals surface area contributed by atoms with E-state index in [-0.39, 0.29) is 11.4 Å². The van der Waals surface area contributed by atoms with Crippen molar-refractivity contribution in [3.8, 4) is 11.3 Å². The van der Waals surface area contributed by atoms with Gasteiger partial charge >= 0.3 is 0 Å². The van der Waals surface area contributed by atoms with E-state index in [0.717, 1.165) is 19.3 Å². The van der Waals surface area contributed by atoms with E-state index in [1.165, 1.54) is 6.20 Å². The molecule has 1 heterocycles. The molecule has 1 saturated carbocycles. The molecular weight excluding hydrogens is 290 g/mol. The van der Waals surface area contributed by atoms with Gasteiger partial charge in [0.25, 0.3) is 0 Å². The van der Waals surface area contributed by atoms with E-state index in [4.69, 9.17) is 10.3 Å². The van der Waals surface area contributed by atoms with E-state index >= 15 is 0 Å². The standard InChI is InChI=1S/C14H17N3O3S/c15-14(7-3-8-14)10-17-21(18,19)13-5-2-1-4-11(13)12-6-9-16-20-12/h1-2,4-6,9,17H,3,7-8,10,15H2. The van der Waals surface area contributed by atoms with Gasteiger partial charge in [0.1, 0.15) is 0 Å². The van der Waals surface area contributed by atoms with Crippen molar-refractivity contribution in [3.63, 3.8) is 0 Å². The Morgan fingerprint density at radius 3 is 2.67 bits per heavy atom. The monoisotopic (exact) mass is 307 g/mol. The molecule has 0 amide bonds. The van der Waals surface area contributed by atoms with Gasteiger partial charge in [0, 0.05) is 23.7 Å². The molecule has 1 aliphatic carbocycles. The predicted molar refractivity (Wildman–Crippen MR) is 77.9 cm³/mol. The quantitative estimate of drug-likeness (QED) is 0.872. The zero-order valence-electron chi connectivity index (χ0n) is 11.5. The zero-order valence-corrected chi connectivity index (χ0v) is 12.3. The van der Waals surface area contributed by atoms with Gasteiger partial charge in [0.2, 0.25) is 10.0 Å². The van der Waals surface area contributed by atoms with Gasteiger partial charge in [0.15, 0.2) is 5.76 Å². The van der Waals surface area contributed by atoms with Crippen LogP contribution in [0.5, 0.6) is 0 Å². The van der Waals surface area contributed by atoms with Crippen LogP contribution in [0, 0.1) is 0 Å². The lowest BCUT2D eigenvalue weighted by Crippen LogP contribution is -2.54. The molecule has 112 valence electrons. The second-order valence-corrected chi connectivity index (χ2v) is 7.15. The summed E-state index contributed by atoms with van der Waals surface area (Å²) in [5, 5.41) is 3.62. The van der Waals surface area contributed by atoms with Crippen LogP contribution in [0.3, 0.4) is 0 Å². The number of rotatable bonds is 5. The van der Waals surface area contributed by atoms with Crippen LogP contribution in [-0.2, 0) is 10.0 Å². The topological polar surface area (TPSA) is 98.2 Å². The minimum Gasteiger partial charge on any atom is -0.356 e. The Balaban J connectivity index is 1.88. The lowest BCUT2D eigenvalue weighted by Gasteiger charge is -2.38. The first-order valence-corrected chi connectivity index (χ1v) is 8.27. The highest BCUT2D eigenvalue weighted by Gasteiger charge is 2.34. The molecule has 0 atom stereocenters. The third kappa shape index (κ3) is 2.85. The van der Waals surface area contributed by atoms with Crippen LogP contribution in [0.4, 0.5) is 0 Å². The van der Waals surface area contributed by atoms with Gasteiger partial charge in [-0.3, -0.25) is 0 Å². The Hall–Kier alpha value is -1.70. The molecule has 0 aliphatic heterocycles. The van der Waals surface area contributed by atoms with E-state index in [2.05, 4.69) is 9.88 Å². The van der Waals surface area contributed by atoms with Crippen LogP contribution in [-0.4, -0.2) is 25.7 Å². The molecule has 0 radical (unpaired) electrons. The number of hydrogen-bond donors (Lipinski definition) is 2. The number of nitrogens with one attached hydrogen (secondary N) is 1. The summed E-state index contributed by atoms with van der Waals surface area (Å²) in [6.07, 6.45) is 4.22. The second-order valence-electron chi connectivity index (χ2n) is 5.41. The maximum atomic E-state index is 12.5. The number of sulfonamides is 1. The lowest BCUT2D eigenvalue weighted by molar-refractivity contribution is 0.251. The van der Waals surface area contributed by atoms with E-state index in [0.29, 0.717) is 11.3 Å². The van der Waals surface area contributed by atoms with Gasteiger partial charge in [-0.2, -0.15) is 0 Å². The molecule has 0 spiro atoms.